The van der Waals surface area contributed by atoms with Crippen LogP contribution in [0.4, 0.5) is 0 Å². The first kappa shape index (κ1) is 12.8. The fourth-order valence-corrected chi connectivity index (χ4v) is 2.02. The molecule has 0 aromatic heterocycles. The molecule has 0 spiro atoms. The topological polar surface area (TPSA) is 18.5 Å². The minimum Gasteiger partial charge on any atom is -0.353 e. The second kappa shape index (κ2) is 6.97. The Morgan fingerprint density at radius 2 is 2.29 bits per heavy atom. The molecular weight excluding hydrogens is 212 g/mol. The smallest absolute Gasteiger partial charge is 0.157 e. The standard InChI is InChI=1S/C15H24O2/c1-13(5-4-6-14-8-9-14)10-12-17-15-7-2-3-11-16-15/h6,10,15H,2-5,7-9,11-12H2,1H3/b13-10+. The van der Waals surface area contributed by atoms with Gasteiger partial charge in [0.25, 0.3) is 0 Å². The van der Waals surface area contributed by atoms with Crippen molar-refractivity contribution < 1.29 is 9.47 Å². The van der Waals surface area contributed by atoms with Crippen LogP contribution in [0.3, 0.4) is 0 Å². The Morgan fingerprint density at radius 1 is 1.41 bits per heavy atom. The molecule has 2 nitrogen and oxygen atoms in total. The molecule has 17 heavy (non-hydrogen) atoms. The molecule has 2 rings (SSSR count). The second-order valence-corrected chi connectivity index (χ2v) is 5.08. The SMILES string of the molecule is C/C(=C\COC1CCCCO1)CCC=C1CC1. The summed E-state index contributed by atoms with van der Waals surface area (Å²) in [5.74, 6) is 0. The molecule has 1 atom stereocenters. The first-order valence-corrected chi connectivity index (χ1v) is 6.91. The zero-order valence-electron chi connectivity index (χ0n) is 10.9. The summed E-state index contributed by atoms with van der Waals surface area (Å²) >= 11 is 0. The van der Waals surface area contributed by atoms with Crippen LogP contribution in [-0.2, 0) is 9.47 Å². The van der Waals surface area contributed by atoms with Gasteiger partial charge in [0.1, 0.15) is 0 Å². The minimum absolute atomic E-state index is 0.0429. The Bertz CT molecular complexity index is 279. The van der Waals surface area contributed by atoms with Crippen LogP contribution in [0.25, 0.3) is 0 Å². The molecule has 1 heterocycles. The summed E-state index contributed by atoms with van der Waals surface area (Å²) in [7, 11) is 0. The summed E-state index contributed by atoms with van der Waals surface area (Å²) in [5.41, 5.74) is 3.07. The van der Waals surface area contributed by atoms with Crippen LogP contribution in [0.5, 0.6) is 0 Å². The summed E-state index contributed by atoms with van der Waals surface area (Å²) in [5, 5.41) is 0. The first-order chi connectivity index (χ1) is 8.34. The number of rotatable bonds is 6. The van der Waals surface area contributed by atoms with Crippen molar-refractivity contribution in [2.45, 2.75) is 58.2 Å². The molecular formula is C15H24O2. The predicted octanol–water partition coefficient (Wildman–Crippen LogP) is 3.98. The van der Waals surface area contributed by atoms with Gasteiger partial charge in [-0.15, -0.1) is 0 Å². The van der Waals surface area contributed by atoms with Crippen LogP contribution >= 0.6 is 0 Å². The van der Waals surface area contributed by atoms with E-state index in [1.807, 2.05) is 0 Å². The summed E-state index contributed by atoms with van der Waals surface area (Å²) < 4.78 is 11.2. The molecule has 0 radical (unpaired) electrons. The maximum absolute atomic E-state index is 5.68. The van der Waals surface area contributed by atoms with Gasteiger partial charge in [-0.2, -0.15) is 0 Å². The van der Waals surface area contributed by atoms with E-state index in [4.69, 9.17) is 9.47 Å². The highest BCUT2D eigenvalue weighted by Crippen LogP contribution is 2.28. The summed E-state index contributed by atoms with van der Waals surface area (Å²) in [6, 6.07) is 0. The number of hydrogen-bond donors (Lipinski definition) is 0. The van der Waals surface area contributed by atoms with Crippen molar-refractivity contribution in [3.8, 4) is 0 Å². The average molecular weight is 236 g/mol. The maximum atomic E-state index is 5.68. The molecule has 1 unspecified atom stereocenters. The van der Waals surface area contributed by atoms with Crippen LogP contribution in [0.2, 0.25) is 0 Å². The van der Waals surface area contributed by atoms with E-state index in [0.717, 1.165) is 13.0 Å². The molecule has 1 saturated heterocycles. The molecule has 96 valence electrons. The van der Waals surface area contributed by atoms with Gasteiger partial charge in [0, 0.05) is 6.61 Å². The van der Waals surface area contributed by atoms with E-state index in [-0.39, 0.29) is 6.29 Å². The number of ether oxygens (including phenoxy) is 2. The first-order valence-electron chi connectivity index (χ1n) is 6.91. The Hall–Kier alpha value is -0.600. The van der Waals surface area contributed by atoms with Gasteiger partial charge in [-0.3, -0.25) is 0 Å². The average Bonchev–Trinajstić information content (AvgIpc) is 3.14. The van der Waals surface area contributed by atoms with Gasteiger partial charge < -0.3 is 9.47 Å². The number of hydrogen-bond acceptors (Lipinski definition) is 2. The van der Waals surface area contributed by atoms with Gasteiger partial charge in [-0.1, -0.05) is 23.3 Å². The third-order valence-electron chi connectivity index (χ3n) is 3.36. The third-order valence-corrected chi connectivity index (χ3v) is 3.36. The van der Waals surface area contributed by atoms with E-state index in [9.17, 15) is 0 Å². The van der Waals surface area contributed by atoms with E-state index < -0.39 is 0 Å². The summed E-state index contributed by atoms with van der Waals surface area (Å²) in [6.45, 7) is 3.75. The molecule has 2 aliphatic rings. The normalized spacial score (nSPS) is 24.9. The lowest BCUT2D eigenvalue weighted by molar-refractivity contribution is -0.155. The van der Waals surface area contributed by atoms with Crippen molar-refractivity contribution >= 4 is 0 Å². The molecule has 0 bridgehead atoms. The quantitative estimate of drug-likeness (QED) is 0.649. The second-order valence-electron chi connectivity index (χ2n) is 5.08. The summed E-state index contributed by atoms with van der Waals surface area (Å²) in [6.07, 6.45) is 13.1. The van der Waals surface area contributed by atoms with Gasteiger partial charge in [-0.25, -0.2) is 0 Å². The largest absolute Gasteiger partial charge is 0.353 e. The van der Waals surface area contributed by atoms with Crippen LogP contribution < -0.4 is 0 Å². The molecule has 1 aliphatic carbocycles. The van der Waals surface area contributed by atoms with Gasteiger partial charge in [0.05, 0.1) is 6.61 Å². The Labute approximate surface area is 105 Å². The zero-order valence-corrected chi connectivity index (χ0v) is 10.9. The molecule has 0 aromatic rings. The maximum Gasteiger partial charge on any atom is 0.157 e. The molecule has 0 aromatic carbocycles. The fraction of sp³-hybridized carbons (Fsp3) is 0.733. The molecule has 0 amide bonds. The van der Waals surface area contributed by atoms with Crippen molar-refractivity contribution in [1.29, 1.82) is 0 Å². The zero-order chi connectivity index (χ0) is 11.9. The van der Waals surface area contributed by atoms with E-state index in [1.165, 1.54) is 44.1 Å². The third kappa shape index (κ3) is 5.51. The van der Waals surface area contributed by atoms with E-state index >= 15 is 0 Å². The molecule has 2 heteroatoms. The van der Waals surface area contributed by atoms with Crippen LogP contribution in [0.1, 0.15) is 51.9 Å². The van der Waals surface area contributed by atoms with Gasteiger partial charge in [0.15, 0.2) is 6.29 Å². The highest BCUT2D eigenvalue weighted by molar-refractivity contribution is 5.16. The van der Waals surface area contributed by atoms with Crippen LogP contribution in [0.15, 0.2) is 23.3 Å². The van der Waals surface area contributed by atoms with E-state index in [1.54, 1.807) is 5.57 Å². The van der Waals surface area contributed by atoms with Gasteiger partial charge >= 0.3 is 0 Å². The Kier molecular flexibility index (Phi) is 5.27. The lowest BCUT2D eigenvalue weighted by Crippen LogP contribution is -2.22. The van der Waals surface area contributed by atoms with Crippen molar-refractivity contribution in [2.75, 3.05) is 13.2 Å². The molecule has 1 aliphatic heterocycles. The minimum atomic E-state index is 0.0429. The van der Waals surface area contributed by atoms with Gasteiger partial charge in [0.2, 0.25) is 0 Å². The van der Waals surface area contributed by atoms with Crippen LogP contribution in [0, 0.1) is 0 Å². The Balaban J connectivity index is 1.56. The lowest BCUT2D eigenvalue weighted by atomic mass is 10.1. The number of allylic oxidation sites excluding steroid dienone is 3. The van der Waals surface area contributed by atoms with Gasteiger partial charge in [-0.05, 0) is 51.9 Å². The van der Waals surface area contributed by atoms with Crippen molar-refractivity contribution in [3.63, 3.8) is 0 Å². The van der Waals surface area contributed by atoms with Crippen LogP contribution in [-0.4, -0.2) is 19.5 Å². The van der Waals surface area contributed by atoms with E-state index in [0.29, 0.717) is 6.61 Å². The van der Waals surface area contributed by atoms with Crippen molar-refractivity contribution in [2.24, 2.45) is 0 Å². The molecule has 2 fully saturated rings. The van der Waals surface area contributed by atoms with Crippen molar-refractivity contribution in [1.82, 2.24) is 0 Å². The fourth-order valence-electron chi connectivity index (χ4n) is 2.02. The van der Waals surface area contributed by atoms with E-state index in [2.05, 4.69) is 19.1 Å². The molecule has 1 saturated carbocycles. The predicted molar refractivity (Wildman–Crippen MR) is 69.9 cm³/mol. The molecule has 0 N–H and O–H groups in total. The highest BCUT2D eigenvalue weighted by Gasteiger charge is 2.13. The summed E-state index contributed by atoms with van der Waals surface area (Å²) in [4.78, 5) is 0. The van der Waals surface area contributed by atoms with Crippen molar-refractivity contribution in [3.05, 3.63) is 23.3 Å². The monoisotopic (exact) mass is 236 g/mol. The lowest BCUT2D eigenvalue weighted by Gasteiger charge is -2.22. The highest BCUT2D eigenvalue weighted by atomic mass is 16.7. The Morgan fingerprint density at radius 3 is 3.00 bits per heavy atom.